The van der Waals surface area contributed by atoms with Gasteiger partial charge in [0.25, 0.3) is 0 Å². The van der Waals surface area contributed by atoms with E-state index in [-0.39, 0.29) is 0 Å². The molecule has 0 aliphatic carbocycles. The number of ether oxygens (including phenoxy) is 1. The minimum Gasteiger partial charge on any atom is -0.385 e. The molecule has 0 bridgehead atoms. The molecule has 1 aromatic carbocycles. The van der Waals surface area contributed by atoms with Gasteiger partial charge in [-0.3, -0.25) is 0 Å². The molecule has 0 saturated carbocycles. The second-order valence-corrected chi connectivity index (χ2v) is 3.95. The third kappa shape index (κ3) is 4.02. The van der Waals surface area contributed by atoms with Crippen molar-refractivity contribution in [3.63, 3.8) is 0 Å². The van der Waals surface area contributed by atoms with Crippen LogP contribution in [0.1, 0.15) is 23.5 Å². The summed E-state index contributed by atoms with van der Waals surface area (Å²) in [6, 6.07) is 8.77. The van der Waals surface area contributed by atoms with Gasteiger partial charge in [-0.2, -0.15) is 0 Å². The second kappa shape index (κ2) is 6.59. The molecule has 0 aromatic heterocycles. The number of likely N-dealkylation sites (N-methyl/N-ethyl adjacent to an activating group) is 1. The molecular weight excluding hydrogens is 186 g/mol. The first kappa shape index (κ1) is 12.2. The minimum absolute atomic E-state index is 0.551. The molecule has 1 rings (SSSR count). The molecule has 0 fully saturated rings. The summed E-state index contributed by atoms with van der Waals surface area (Å²) in [4.78, 5) is 0. The Morgan fingerprint density at radius 3 is 2.47 bits per heavy atom. The zero-order valence-electron chi connectivity index (χ0n) is 9.92. The summed E-state index contributed by atoms with van der Waals surface area (Å²) in [6.07, 6.45) is 1.07. The lowest BCUT2D eigenvalue weighted by Crippen LogP contribution is -2.18. The fourth-order valence-electron chi connectivity index (χ4n) is 1.73. The monoisotopic (exact) mass is 207 g/mol. The lowest BCUT2D eigenvalue weighted by molar-refractivity contribution is 0.187. The van der Waals surface area contributed by atoms with Crippen molar-refractivity contribution in [2.24, 2.45) is 0 Å². The zero-order valence-corrected chi connectivity index (χ0v) is 9.92. The van der Waals surface area contributed by atoms with E-state index < -0.39 is 0 Å². The Hall–Kier alpha value is -0.860. The lowest BCUT2D eigenvalue weighted by Gasteiger charge is -2.16. The van der Waals surface area contributed by atoms with Gasteiger partial charge in [0.1, 0.15) is 0 Å². The van der Waals surface area contributed by atoms with E-state index in [9.17, 15) is 0 Å². The van der Waals surface area contributed by atoms with Crippen LogP contribution in [-0.4, -0.2) is 27.3 Å². The van der Waals surface area contributed by atoms with Crippen LogP contribution in [-0.2, 0) is 4.74 Å². The molecule has 0 saturated heterocycles. The topological polar surface area (TPSA) is 21.3 Å². The van der Waals surface area contributed by atoms with E-state index in [1.54, 1.807) is 7.11 Å². The SMILES string of the molecule is CNCC(CCOC)c1ccc(C)cc1. The van der Waals surface area contributed by atoms with E-state index in [1.807, 2.05) is 7.05 Å². The molecule has 1 unspecified atom stereocenters. The first-order valence-electron chi connectivity index (χ1n) is 5.48. The molecule has 84 valence electrons. The van der Waals surface area contributed by atoms with Gasteiger partial charge in [-0.1, -0.05) is 29.8 Å². The summed E-state index contributed by atoms with van der Waals surface area (Å²) in [6.45, 7) is 3.94. The summed E-state index contributed by atoms with van der Waals surface area (Å²) in [7, 11) is 3.75. The molecule has 0 radical (unpaired) electrons. The van der Waals surface area contributed by atoms with E-state index in [0.29, 0.717) is 5.92 Å². The number of hydrogen-bond acceptors (Lipinski definition) is 2. The maximum atomic E-state index is 5.14. The molecule has 2 nitrogen and oxygen atoms in total. The van der Waals surface area contributed by atoms with Crippen molar-refractivity contribution in [1.29, 1.82) is 0 Å². The summed E-state index contributed by atoms with van der Waals surface area (Å²) < 4.78 is 5.14. The Morgan fingerprint density at radius 1 is 1.27 bits per heavy atom. The molecule has 0 aliphatic rings. The van der Waals surface area contributed by atoms with Crippen LogP contribution in [0.5, 0.6) is 0 Å². The maximum absolute atomic E-state index is 5.14. The van der Waals surface area contributed by atoms with E-state index in [2.05, 4.69) is 36.5 Å². The van der Waals surface area contributed by atoms with Gasteiger partial charge in [-0.15, -0.1) is 0 Å². The van der Waals surface area contributed by atoms with Crippen LogP contribution in [0.2, 0.25) is 0 Å². The molecular formula is C13H21NO. The van der Waals surface area contributed by atoms with Gasteiger partial charge in [0.05, 0.1) is 0 Å². The lowest BCUT2D eigenvalue weighted by atomic mass is 9.95. The van der Waals surface area contributed by atoms with Gasteiger partial charge in [0, 0.05) is 20.3 Å². The molecule has 2 heteroatoms. The normalized spacial score (nSPS) is 12.7. The van der Waals surface area contributed by atoms with Gasteiger partial charge in [-0.05, 0) is 31.9 Å². The van der Waals surface area contributed by atoms with E-state index >= 15 is 0 Å². The van der Waals surface area contributed by atoms with Crippen LogP contribution in [0, 0.1) is 6.92 Å². The number of rotatable bonds is 6. The highest BCUT2D eigenvalue weighted by Gasteiger charge is 2.09. The molecule has 0 heterocycles. The van der Waals surface area contributed by atoms with E-state index in [0.717, 1.165) is 19.6 Å². The van der Waals surface area contributed by atoms with Crippen molar-refractivity contribution >= 4 is 0 Å². The summed E-state index contributed by atoms with van der Waals surface area (Å²) in [5.74, 6) is 0.551. The van der Waals surface area contributed by atoms with Gasteiger partial charge >= 0.3 is 0 Å². The van der Waals surface area contributed by atoms with Crippen molar-refractivity contribution in [2.75, 3.05) is 27.3 Å². The van der Waals surface area contributed by atoms with Crippen molar-refractivity contribution in [3.05, 3.63) is 35.4 Å². The summed E-state index contributed by atoms with van der Waals surface area (Å²) in [5.41, 5.74) is 2.71. The number of hydrogen-bond donors (Lipinski definition) is 1. The van der Waals surface area contributed by atoms with Gasteiger partial charge in [0.2, 0.25) is 0 Å². The quantitative estimate of drug-likeness (QED) is 0.773. The summed E-state index contributed by atoms with van der Waals surface area (Å²) >= 11 is 0. The molecule has 1 N–H and O–H groups in total. The molecule has 1 atom stereocenters. The highest BCUT2D eigenvalue weighted by atomic mass is 16.5. The average Bonchev–Trinajstić information content (AvgIpc) is 2.25. The van der Waals surface area contributed by atoms with Crippen LogP contribution in [0.15, 0.2) is 24.3 Å². The van der Waals surface area contributed by atoms with E-state index in [4.69, 9.17) is 4.74 Å². The highest BCUT2D eigenvalue weighted by molar-refractivity contribution is 5.24. The van der Waals surface area contributed by atoms with E-state index in [1.165, 1.54) is 11.1 Å². The predicted octanol–water partition coefficient (Wildman–Crippen LogP) is 2.33. The van der Waals surface area contributed by atoms with Gasteiger partial charge in [-0.25, -0.2) is 0 Å². The van der Waals surface area contributed by atoms with Crippen molar-refractivity contribution in [1.82, 2.24) is 5.32 Å². The fraction of sp³-hybridized carbons (Fsp3) is 0.538. The smallest absolute Gasteiger partial charge is 0.0468 e. The van der Waals surface area contributed by atoms with Crippen LogP contribution in [0.3, 0.4) is 0 Å². The van der Waals surface area contributed by atoms with Crippen LogP contribution < -0.4 is 5.32 Å². The van der Waals surface area contributed by atoms with Crippen LogP contribution >= 0.6 is 0 Å². The number of methoxy groups -OCH3 is 1. The Bertz CT molecular complexity index is 268. The van der Waals surface area contributed by atoms with Crippen molar-refractivity contribution < 1.29 is 4.74 Å². The Labute approximate surface area is 92.6 Å². The standard InChI is InChI=1S/C13H21NO/c1-11-4-6-12(7-5-11)13(10-14-2)8-9-15-3/h4-7,13-14H,8-10H2,1-3H3. The largest absolute Gasteiger partial charge is 0.385 e. The number of nitrogens with one attached hydrogen (secondary N) is 1. The molecule has 0 aliphatic heterocycles. The molecule has 0 spiro atoms. The Morgan fingerprint density at radius 2 is 1.93 bits per heavy atom. The third-order valence-electron chi connectivity index (χ3n) is 2.67. The molecule has 15 heavy (non-hydrogen) atoms. The summed E-state index contributed by atoms with van der Waals surface area (Å²) in [5, 5.41) is 3.23. The third-order valence-corrected chi connectivity index (χ3v) is 2.67. The predicted molar refractivity (Wildman–Crippen MR) is 64.3 cm³/mol. The first-order chi connectivity index (χ1) is 7.27. The number of aryl methyl sites for hydroxylation is 1. The van der Waals surface area contributed by atoms with Crippen molar-refractivity contribution in [3.8, 4) is 0 Å². The van der Waals surface area contributed by atoms with Crippen LogP contribution in [0.25, 0.3) is 0 Å². The molecule has 0 amide bonds. The van der Waals surface area contributed by atoms with Crippen LogP contribution in [0.4, 0.5) is 0 Å². The second-order valence-electron chi connectivity index (χ2n) is 3.95. The van der Waals surface area contributed by atoms with Gasteiger partial charge in [0.15, 0.2) is 0 Å². The zero-order chi connectivity index (χ0) is 11.1. The minimum atomic E-state index is 0.551. The highest BCUT2D eigenvalue weighted by Crippen LogP contribution is 2.19. The Kier molecular flexibility index (Phi) is 5.37. The fourth-order valence-corrected chi connectivity index (χ4v) is 1.73. The Balaban J connectivity index is 2.65. The van der Waals surface area contributed by atoms with Gasteiger partial charge < -0.3 is 10.1 Å². The first-order valence-corrected chi connectivity index (χ1v) is 5.48. The number of benzene rings is 1. The average molecular weight is 207 g/mol. The van der Waals surface area contributed by atoms with Crippen molar-refractivity contribution in [2.45, 2.75) is 19.3 Å². The molecule has 1 aromatic rings. The maximum Gasteiger partial charge on any atom is 0.0468 e.